The van der Waals surface area contributed by atoms with Crippen LogP contribution >= 0.6 is 15.9 Å². The summed E-state index contributed by atoms with van der Waals surface area (Å²) in [5.41, 5.74) is 3.03. The van der Waals surface area contributed by atoms with Crippen molar-refractivity contribution in [2.24, 2.45) is 0 Å². The fourth-order valence-electron chi connectivity index (χ4n) is 1.74. The van der Waals surface area contributed by atoms with Crippen LogP contribution in [0.1, 0.15) is 15.9 Å². The van der Waals surface area contributed by atoms with Gasteiger partial charge in [0.05, 0.1) is 5.56 Å². The number of hydrogen-bond donors (Lipinski definition) is 1. The van der Waals surface area contributed by atoms with Crippen LogP contribution in [0.2, 0.25) is 0 Å². The molecule has 2 aromatic carbocycles. The highest BCUT2D eigenvalue weighted by atomic mass is 79.9. The van der Waals surface area contributed by atoms with Crippen molar-refractivity contribution in [3.63, 3.8) is 0 Å². The zero-order valence-corrected chi connectivity index (χ0v) is 10.9. The maximum atomic E-state index is 11.2. The van der Waals surface area contributed by atoms with Crippen molar-refractivity contribution in [3.8, 4) is 11.1 Å². The molecule has 2 nitrogen and oxygen atoms in total. The second kappa shape index (κ2) is 4.72. The second-order valence-electron chi connectivity index (χ2n) is 3.86. The number of rotatable bonds is 2. The van der Waals surface area contributed by atoms with Gasteiger partial charge in [0.15, 0.2) is 0 Å². The zero-order chi connectivity index (χ0) is 12.4. The molecule has 0 spiro atoms. The largest absolute Gasteiger partial charge is 0.478 e. The summed E-state index contributed by atoms with van der Waals surface area (Å²) in [6.07, 6.45) is 0. The van der Waals surface area contributed by atoms with E-state index in [1.54, 1.807) is 6.07 Å². The highest BCUT2D eigenvalue weighted by molar-refractivity contribution is 9.10. The van der Waals surface area contributed by atoms with Gasteiger partial charge in [-0.15, -0.1) is 0 Å². The highest BCUT2D eigenvalue weighted by Gasteiger charge is 2.11. The van der Waals surface area contributed by atoms with Crippen molar-refractivity contribution in [2.75, 3.05) is 0 Å². The second-order valence-corrected chi connectivity index (χ2v) is 4.78. The number of benzene rings is 2. The van der Waals surface area contributed by atoms with Crippen LogP contribution in [0.15, 0.2) is 46.9 Å². The summed E-state index contributed by atoms with van der Waals surface area (Å²) in [4.78, 5) is 11.2. The van der Waals surface area contributed by atoms with Crippen molar-refractivity contribution in [3.05, 3.63) is 58.1 Å². The van der Waals surface area contributed by atoms with Gasteiger partial charge in [-0.2, -0.15) is 0 Å². The third kappa shape index (κ3) is 2.56. The molecule has 0 bridgehead atoms. The smallest absolute Gasteiger partial charge is 0.336 e. The van der Waals surface area contributed by atoms with Gasteiger partial charge in [-0.05, 0) is 36.2 Å². The number of hydrogen-bond acceptors (Lipinski definition) is 1. The van der Waals surface area contributed by atoms with E-state index in [0.29, 0.717) is 5.56 Å². The molecule has 0 aliphatic heterocycles. The fourth-order valence-corrected chi connectivity index (χ4v) is 2.14. The summed E-state index contributed by atoms with van der Waals surface area (Å²) in [6.45, 7) is 1.95. The van der Waals surface area contributed by atoms with Gasteiger partial charge in [0.25, 0.3) is 0 Å². The maximum absolute atomic E-state index is 11.2. The Morgan fingerprint density at radius 1 is 1.18 bits per heavy atom. The topological polar surface area (TPSA) is 37.3 Å². The highest BCUT2D eigenvalue weighted by Crippen LogP contribution is 2.27. The molecule has 1 N–H and O–H groups in total. The zero-order valence-electron chi connectivity index (χ0n) is 9.27. The molecule has 0 heterocycles. The molecule has 2 aromatic rings. The van der Waals surface area contributed by atoms with Crippen LogP contribution in [0.4, 0.5) is 0 Å². The van der Waals surface area contributed by atoms with Gasteiger partial charge < -0.3 is 5.11 Å². The summed E-state index contributed by atoms with van der Waals surface area (Å²) in [5.74, 6) is -0.903. The van der Waals surface area contributed by atoms with E-state index in [4.69, 9.17) is 0 Å². The maximum Gasteiger partial charge on any atom is 0.336 e. The van der Waals surface area contributed by atoms with E-state index in [9.17, 15) is 9.90 Å². The van der Waals surface area contributed by atoms with E-state index >= 15 is 0 Å². The first kappa shape index (κ1) is 11.9. The van der Waals surface area contributed by atoms with E-state index in [2.05, 4.69) is 15.9 Å². The van der Waals surface area contributed by atoms with Crippen LogP contribution < -0.4 is 0 Å². The average molecular weight is 291 g/mol. The average Bonchev–Trinajstić information content (AvgIpc) is 2.28. The molecule has 0 fully saturated rings. The molecule has 0 aliphatic rings. The van der Waals surface area contributed by atoms with Crippen molar-refractivity contribution in [2.45, 2.75) is 6.92 Å². The minimum atomic E-state index is -0.903. The molecule has 0 aliphatic carbocycles. The summed E-state index contributed by atoms with van der Waals surface area (Å²) in [5, 5.41) is 9.18. The van der Waals surface area contributed by atoms with Crippen LogP contribution in [0.25, 0.3) is 11.1 Å². The van der Waals surface area contributed by atoms with Gasteiger partial charge in [-0.25, -0.2) is 4.79 Å². The normalized spacial score (nSPS) is 10.2. The van der Waals surface area contributed by atoms with Gasteiger partial charge >= 0.3 is 5.97 Å². The third-order valence-electron chi connectivity index (χ3n) is 2.54. The minimum absolute atomic E-state index is 0.328. The summed E-state index contributed by atoms with van der Waals surface area (Å²) in [6, 6.07) is 13.0. The number of aromatic carboxylic acids is 1. The van der Waals surface area contributed by atoms with E-state index in [1.807, 2.05) is 43.3 Å². The molecule has 3 heteroatoms. The van der Waals surface area contributed by atoms with Crippen LogP contribution in [0.5, 0.6) is 0 Å². The van der Waals surface area contributed by atoms with E-state index in [1.165, 1.54) is 0 Å². The van der Waals surface area contributed by atoms with Crippen molar-refractivity contribution in [1.82, 2.24) is 0 Å². The molecule has 0 saturated carbocycles. The predicted octanol–water partition coefficient (Wildman–Crippen LogP) is 4.12. The summed E-state index contributed by atoms with van der Waals surface area (Å²) < 4.78 is 0.938. The molecule has 17 heavy (non-hydrogen) atoms. The van der Waals surface area contributed by atoms with Crippen molar-refractivity contribution >= 4 is 21.9 Å². The quantitative estimate of drug-likeness (QED) is 0.903. The Kier molecular flexibility index (Phi) is 3.29. The first-order chi connectivity index (χ1) is 8.08. The Morgan fingerprint density at radius 3 is 2.59 bits per heavy atom. The lowest BCUT2D eigenvalue weighted by molar-refractivity contribution is 0.0698. The molecule has 0 saturated heterocycles. The van der Waals surface area contributed by atoms with Crippen LogP contribution in [0.3, 0.4) is 0 Å². The molecule has 0 radical (unpaired) electrons. The summed E-state index contributed by atoms with van der Waals surface area (Å²) in [7, 11) is 0. The lowest BCUT2D eigenvalue weighted by Gasteiger charge is -2.08. The molecule has 2 rings (SSSR count). The molecule has 0 amide bonds. The van der Waals surface area contributed by atoms with Gasteiger partial charge in [-0.3, -0.25) is 0 Å². The fraction of sp³-hybridized carbons (Fsp3) is 0.0714. The molecule has 0 atom stereocenters. The first-order valence-electron chi connectivity index (χ1n) is 5.18. The molecule has 86 valence electrons. The van der Waals surface area contributed by atoms with Crippen molar-refractivity contribution in [1.29, 1.82) is 0 Å². The Labute approximate surface area is 108 Å². The number of carboxylic acids is 1. The van der Waals surface area contributed by atoms with E-state index in [-0.39, 0.29) is 0 Å². The monoisotopic (exact) mass is 290 g/mol. The van der Waals surface area contributed by atoms with E-state index < -0.39 is 5.97 Å². The van der Waals surface area contributed by atoms with Gasteiger partial charge in [0.2, 0.25) is 0 Å². The van der Waals surface area contributed by atoms with Gasteiger partial charge in [0, 0.05) is 4.47 Å². The Hall–Kier alpha value is -1.61. The number of halogens is 1. The van der Waals surface area contributed by atoms with Gasteiger partial charge in [0.1, 0.15) is 0 Å². The molecule has 0 aromatic heterocycles. The molecular formula is C14H11BrO2. The SMILES string of the molecule is Cc1ccc(C(=O)O)c(-c2cccc(Br)c2)c1. The standard InChI is InChI=1S/C14H11BrO2/c1-9-5-6-12(14(16)17)13(7-9)10-3-2-4-11(15)8-10/h2-8H,1H3,(H,16,17). The van der Waals surface area contributed by atoms with Crippen LogP contribution in [-0.4, -0.2) is 11.1 Å². The first-order valence-corrected chi connectivity index (χ1v) is 5.97. The van der Waals surface area contributed by atoms with E-state index in [0.717, 1.165) is 21.2 Å². The van der Waals surface area contributed by atoms with Crippen molar-refractivity contribution < 1.29 is 9.90 Å². The number of carboxylic acid groups (broad SMARTS) is 1. The predicted molar refractivity (Wildman–Crippen MR) is 71.3 cm³/mol. The third-order valence-corrected chi connectivity index (χ3v) is 3.03. The molecular weight excluding hydrogens is 280 g/mol. The Morgan fingerprint density at radius 2 is 1.94 bits per heavy atom. The van der Waals surface area contributed by atoms with Crippen LogP contribution in [-0.2, 0) is 0 Å². The van der Waals surface area contributed by atoms with Gasteiger partial charge in [-0.1, -0.05) is 45.8 Å². The Balaban J connectivity index is 2.65. The number of carbonyl (C=O) groups is 1. The lowest BCUT2D eigenvalue weighted by Crippen LogP contribution is -1.99. The van der Waals surface area contributed by atoms with Crippen LogP contribution in [0, 0.1) is 6.92 Å². The minimum Gasteiger partial charge on any atom is -0.478 e. The Bertz CT molecular complexity index is 576. The lowest BCUT2D eigenvalue weighted by atomic mass is 9.98. The summed E-state index contributed by atoms with van der Waals surface area (Å²) >= 11 is 3.39. The molecule has 0 unspecified atom stereocenters. The number of aryl methyl sites for hydroxylation is 1.